The highest BCUT2D eigenvalue weighted by atomic mass is 79.9. The molecule has 4 heteroatoms. The van der Waals surface area contributed by atoms with Gasteiger partial charge in [-0.3, -0.25) is 0 Å². The molecular formula is C12H14Br2O2. The summed E-state index contributed by atoms with van der Waals surface area (Å²) in [6, 6.07) is 4.07. The third kappa shape index (κ3) is 2.44. The first-order chi connectivity index (χ1) is 7.74. The Morgan fingerprint density at radius 3 is 3.06 bits per heavy atom. The summed E-state index contributed by atoms with van der Waals surface area (Å²) < 4.78 is 12.3. The van der Waals surface area contributed by atoms with E-state index in [1.807, 2.05) is 19.1 Å². The molecule has 2 rings (SSSR count). The van der Waals surface area contributed by atoms with Crippen LogP contribution in [0.3, 0.4) is 0 Å². The van der Waals surface area contributed by atoms with Crippen molar-refractivity contribution in [3.05, 3.63) is 27.7 Å². The molecule has 0 aromatic heterocycles. The molecule has 1 aromatic rings. The monoisotopic (exact) mass is 348 g/mol. The minimum absolute atomic E-state index is 0.236. The Bertz CT molecular complexity index is 380. The van der Waals surface area contributed by atoms with Crippen LogP contribution in [0.15, 0.2) is 16.6 Å². The molecule has 0 saturated heterocycles. The molecule has 1 aliphatic rings. The van der Waals surface area contributed by atoms with E-state index in [2.05, 4.69) is 31.9 Å². The molecule has 0 N–H and O–H groups in total. The molecule has 1 unspecified atom stereocenters. The lowest BCUT2D eigenvalue weighted by Gasteiger charge is -2.16. The van der Waals surface area contributed by atoms with Gasteiger partial charge in [0.1, 0.15) is 5.75 Å². The van der Waals surface area contributed by atoms with Gasteiger partial charge in [-0.1, -0.05) is 31.9 Å². The molecule has 0 bridgehead atoms. The summed E-state index contributed by atoms with van der Waals surface area (Å²) in [6.45, 7) is 4.17. The Morgan fingerprint density at radius 1 is 1.50 bits per heavy atom. The molecule has 0 saturated carbocycles. The summed E-state index contributed by atoms with van der Waals surface area (Å²) >= 11 is 7.26. The van der Waals surface area contributed by atoms with Gasteiger partial charge in [0.05, 0.1) is 24.6 Å². The highest BCUT2D eigenvalue weighted by Crippen LogP contribution is 2.39. The minimum Gasteiger partial charge on any atom is -0.494 e. The zero-order valence-electron chi connectivity index (χ0n) is 9.13. The van der Waals surface area contributed by atoms with Crippen LogP contribution in [0, 0.1) is 0 Å². The SMILES string of the molecule is CCOc1ccc(Br)c2c1CCOCC2Br. The third-order valence-corrected chi connectivity index (χ3v) is 4.05. The largest absolute Gasteiger partial charge is 0.494 e. The van der Waals surface area contributed by atoms with Crippen LogP contribution in [0.25, 0.3) is 0 Å². The number of ether oxygens (including phenoxy) is 2. The zero-order chi connectivity index (χ0) is 11.5. The maximum atomic E-state index is 5.67. The van der Waals surface area contributed by atoms with Gasteiger partial charge in [0.2, 0.25) is 0 Å². The van der Waals surface area contributed by atoms with E-state index in [4.69, 9.17) is 9.47 Å². The van der Waals surface area contributed by atoms with Crippen molar-refractivity contribution in [3.63, 3.8) is 0 Å². The number of benzene rings is 1. The van der Waals surface area contributed by atoms with Crippen LogP contribution in [-0.2, 0) is 11.2 Å². The van der Waals surface area contributed by atoms with Crippen molar-refractivity contribution in [2.75, 3.05) is 19.8 Å². The van der Waals surface area contributed by atoms with Crippen molar-refractivity contribution in [2.24, 2.45) is 0 Å². The van der Waals surface area contributed by atoms with E-state index in [1.54, 1.807) is 0 Å². The molecule has 16 heavy (non-hydrogen) atoms. The van der Waals surface area contributed by atoms with Crippen LogP contribution in [0.2, 0.25) is 0 Å². The fraction of sp³-hybridized carbons (Fsp3) is 0.500. The maximum absolute atomic E-state index is 5.67. The highest BCUT2D eigenvalue weighted by molar-refractivity contribution is 9.11. The zero-order valence-corrected chi connectivity index (χ0v) is 12.3. The van der Waals surface area contributed by atoms with Gasteiger partial charge in [0.25, 0.3) is 0 Å². The van der Waals surface area contributed by atoms with Gasteiger partial charge >= 0.3 is 0 Å². The van der Waals surface area contributed by atoms with E-state index in [0.29, 0.717) is 13.2 Å². The van der Waals surface area contributed by atoms with Gasteiger partial charge in [-0.05, 0) is 31.0 Å². The second-order valence-electron chi connectivity index (χ2n) is 3.66. The number of hydrogen-bond acceptors (Lipinski definition) is 2. The lowest BCUT2D eigenvalue weighted by molar-refractivity contribution is 0.145. The second kappa shape index (κ2) is 5.52. The van der Waals surface area contributed by atoms with Gasteiger partial charge in [-0.25, -0.2) is 0 Å². The Labute approximate surface area is 113 Å². The first kappa shape index (κ1) is 12.4. The second-order valence-corrected chi connectivity index (χ2v) is 5.62. The smallest absolute Gasteiger partial charge is 0.122 e. The summed E-state index contributed by atoms with van der Waals surface area (Å²) in [5.74, 6) is 0.982. The van der Waals surface area contributed by atoms with E-state index in [-0.39, 0.29) is 4.83 Å². The van der Waals surface area contributed by atoms with Gasteiger partial charge in [-0.2, -0.15) is 0 Å². The maximum Gasteiger partial charge on any atom is 0.122 e. The average Bonchev–Trinajstić information content (AvgIpc) is 2.46. The van der Waals surface area contributed by atoms with Crippen LogP contribution in [0.4, 0.5) is 0 Å². The molecule has 0 aliphatic carbocycles. The van der Waals surface area contributed by atoms with Crippen LogP contribution < -0.4 is 4.74 Å². The number of alkyl halides is 1. The highest BCUT2D eigenvalue weighted by Gasteiger charge is 2.22. The molecular weight excluding hydrogens is 336 g/mol. The van der Waals surface area contributed by atoms with Crippen LogP contribution in [0.1, 0.15) is 22.9 Å². The van der Waals surface area contributed by atoms with Crippen molar-refractivity contribution in [1.29, 1.82) is 0 Å². The summed E-state index contributed by atoms with van der Waals surface area (Å²) in [5, 5.41) is 0. The summed E-state index contributed by atoms with van der Waals surface area (Å²) in [6.07, 6.45) is 0.909. The Balaban J connectivity index is 2.48. The number of fused-ring (bicyclic) bond motifs is 1. The molecule has 1 aliphatic heterocycles. The molecule has 88 valence electrons. The normalized spacial score (nSPS) is 20.1. The third-order valence-electron chi connectivity index (χ3n) is 2.63. The van der Waals surface area contributed by atoms with E-state index >= 15 is 0 Å². The minimum atomic E-state index is 0.236. The first-order valence-electron chi connectivity index (χ1n) is 5.40. The average molecular weight is 350 g/mol. The fourth-order valence-electron chi connectivity index (χ4n) is 1.95. The lowest BCUT2D eigenvalue weighted by atomic mass is 10.0. The molecule has 1 atom stereocenters. The predicted molar refractivity (Wildman–Crippen MR) is 71.5 cm³/mol. The summed E-state index contributed by atoms with van der Waals surface area (Å²) in [4.78, 5) is 0.236. The van der Waals surface area contributed by atoms with Crippen molar-refractivity contribution >= 4 is 31.9 Å². The van der Waals surface area contributed by atoms with Crippen molar-refractivity contribution in [2.45, 2.75) is 18.2 Å². The van der Waals surface area contributed by atoms with E-state index in [1.165, 1.54) is 11.1 Å². The molecule has 1 aromatic carbocycles. The fourth-order valence-corrected chi connectivity index (χ4v) is 3.61. The molecule has 0 spiro atoms. The molecule has 0 fully saturated rings. The number of halogens is 2. The first-order valence-corrected chi connectivity index (χ1v) is 7.10. The topological polar surface area (TPSA) is 18.5 Å². The van der Waals surface area contributed by atoms with E-state index in [0.717, 1.165) is 23.2 Å². The molecule has 2 nitrogen and oxygen atoms in total. The van der Waals surface area contributed by atoms with Crippen LogP contribution >= 0.6 is 31.9 Å². The summed E-state index contributed by atoms with van der Waals surface area (Å²) in [5.41, 5.74) is 2.53. The van der Waals surface area contributed by atoms with Crippen LogP contribution in [0.5, 0.6) is 5.75 Å². The van der Waals surface area contributed by atoms with Gasteiger partial charge in [0, 0.05) is 10.0 Å². The number of rotatable bonds is 2. The van der Waals surface area contributed by atoms with Gasteiger partial charge < -0.3 is 9.47 Å². The summed E-state index contributed by atoms with van der Waals surface area (Å²) in [7, 11) is 0. The van der Waals surface area contributed by atoms with Gasteiger partial charge in [0.15, 0.2) is 0 Å². The number of hydrogen-bond donors (Lipinski definition) is 0. The standard InChI is InChI=1S/C12H14Br2O2/c1-2-16-11-4-3-9(13)12-8(11)5-6-15-7-10(12)14/h3-4,10H,2,5-7H2,1H3. The Morgan fingerprint density at radius 2 is 2.31 bits per heavy atom. The Hall–Kier alpha value is -0.0600. The molecule has 1 heterocycles. The predicted octanol–water partition coefficient (Wildman–Crippen LogP) is 3.86. The molecule has 0 amide bonds. The molecule has 0 radical (unpaired) electrons. The van der Waals surface area contributed by atoms with Gasteiger partial charge in [-0.15, -0.1) is 0 Å². The van der Waals surface area contributed by atoms with Crippen molar-refractivity contribution in [1.82, 2.24) is 0 Å². The lowest BCUT2D eigenvalue weighted by Crippen LogP contribution is -2.03. The van der Waals surface area contributed by atoms with Crippen LogP contribution in [-0.4, -0.2) is 19.8 Å². The van der Waals surface area contributed by atoms with E-state index < -0.39 is 0 Å². The van der Waals surface area contributed by atoms with Crippen molar-refractivity contribution in [3.8, 4) is 5.75 Å². The quantitative estimate of drug-likeness (QED) is 0.755. The van der Waals surface area contributed by atoms with Crippen molar-refractivity contribution < 1.29 is 9.47 Å². The van der Waals surface area contributed by atoms with E-state index in [9.17, 15) is 0 Å². The Kier molecular flexibility index (Phi) is 4.27.